The smallest absolute Gasteiger partial charge is 0.154 e. The molecule has 5 heteroatoms. The summed E-state index contributed by atoms with van der Waals surface area (Å²) < 4.78 is 0. The van der Waals surface area contributed by atoms with Crippen LogP contribution < -0.4 is 5.73 Å². The maximum atomic E-state index is 7.71. The summed E-state index contributed by atoms with van der Waals surface area (Å²) in [6, 6.07) is 7.31. The third-order valence-corrected chi connectivity index (χ3v) is 3.50. The Hall–Kier alpha value is -1.58. The van der Waals surface area contributed by atoms with Crippen molar-refractivity contribution < 1.29 is 0 Å². The zero-order valence-electron chi connectivity index (χ0n) is 8.59. The maximum Gasteiger partial charge on any atom is 0.154 e. The lowest BCUT2D eigenvalue weighted by molar-refractivity contribution is 1.45. The Morgan fingerprint density at radius 2 is 1.47 bits per heavy atom. The zero-order chi connectivity index (χ0) is 12.2. The molecule has 17 heavy (non-hydrogen) atoms. The van der Waals surface area contributed by atoms with Crippen molar-refractivity contribution in [3.63, 3.8) is 0 Å². The molecule has 2 aromatic carbocycles. The molecule has 0 fully saturated rings. The molecule has 1 heterocycles. The van der Waals surface area contributed by atoms with E-state index in [0.29, 0.717) is 15.9 Å². The Morgan fingerprint density at radius 1 is 0.941 bits per heavy atom. The van der Waals surface area contributed by atoms with Gasteiger partial charge in [0.15, 0.2) is 5.84 Å². The first-order valence-corrected chi connectivity index (χ1v) is 5.68. The average Bonchev–Trinajstić information content (AvgIpc) is 2.54. The second-order valence-electron chi connectivity index (χ2n) is 3.86. The summed E-state index contributed by atoms with van der Waals surface area (Å²) in [5.74, 6) is 0.559. The summed E-state index contributed by atoms with van der Waals surface area (Å²) in [4.78, 5) is 3.94. The SMILES string of the molecule is N=C1N=C(N)c2cc3cc(Cl)c(Cl)cc3cc21. The molecule has 0 saturated heterocycles. The largest absolute Gasteiger partial charge is 0.383 e. The van der Waals surface area contributed by atoms with E-state index in [4.69, 9.17) is 34.3 Å². The van der Waals surface area contributed by atoms with Gasteiger partial charge in [0.05, 0.1) is 10.0 Å². The van der Waals surface area contributed by atoms with Crippen LogP contribution in [0, 0.1) is 5.41 Å². The molecule has 0 amide bonds. The highest BCUT2D eigenvalue weighted by molar-refractivity contribution is 6.43. The molecule has 0 bridgehead atoms. The third-order valence-electron chi connectivity index (χ3n) is 2.78. The molecule has 0 radical (unpaired) electrons. The fourth-order valence-corrected chi connectivity index (χ4v) is 2.29. The summed E-state index contributed by atoms with van der Waals surface area (Å²) in [5.41, 5.74) is 7.25. The minimum absolute atomic E-state index is 0.186. The van der Waals surface area contributed by atoms with E-state index in [-0.39, 0.29) is 5.84 Å². The van der Waals surface area contributed by atoms with E-state index in [2.05, 4.69) is 4.99 Å². The number of fused-ring (bicyclic) bond motifs is 2. The van der Waals surface area contributed by atoms with Crippen LogP contribution in [0.5, 0.6) is 0 Å². The maximum absolute atomic E-state index is 7.71. The van der Waals surface area contributed by atoms with Crippen LogP contribution in [-0.2, 0) is 0 Å². The van der Waals surface area contributed by atoms with Crippen molar-refractivity contribution in [1.82, 2.24) is 0 Å². The second-order valence-corrected chi connectivity index (χ2v) is 4.67. The van der Waals surface area contributed by atoms with Gasteiger partial charge in [-0.15, -0.1) is 0 Å². The number of halogens is 2. The van der Waals surface area contributed by atoms with Gasteiger partial charge in [0, 0.05) is 11.1 Å². The summed E-state index contributed by atoms with van der Waals surface area (Å²) in [6.07, 6.45) is 0. The van der Waals surface area contributed by atoms with E-state index < -0.39 is 0 Å². The number of nitrogens with zero attached hydrogens (tertiary/aromatic N) is 1. The summed E-state index contributed by atoms with van der Waals surface area (Å²) >= 11 is 11.9. The second kappa shape index (κ2) is 3.45. The number of nitrogens with one attached hydrogen (secondary N) is 1. The molecule has 1 aliphatic rings. The van der Waals surface area contributed by atoms with Crippen LogP contribution in [-0.4, -0.2) is 11.7 Å². The number of hydrogen-bond acceptors (Lipinski definition) is 2. The van der Waals surface area contributed by atoms with Crippen LogP contribution in [0.3, 0.4) is 0 Å². The van der Waals surface area contributed by atoms with Gasteiger partial charge in [-0.1, -0.05) is 23.2 Å². The van der Waals surface area contributed by atoms with Crippen molar-refractivity contribution in [3.8, 4) is 0 Å². The Balaban J connectivity index is 2.38. The molecule has 3 rings (SSSR count). The molecule has 0 saturated carbocycles. The Bertz CT molecular complexity index is 704. The summed E-state index contributed by atoms with van der Waals surface area (Å²) in [6.45, 7) is 0. The molecular formula is C12H7Cl2N3. The van der Waals surface area contributed by atoms with E-state index in [9.17, 15) is 0 Å². The van der Waals surface area contributed by atoms with Gasteiger partial charge >= 0.3 is 0 Å². The standard InChI is InChI=1S/C12H7Cl2N3/c13-9-3-5-1-7-8(12(16)17-11(7)15)2-6(5)4-10(9)14/h1-4H,(H3,15,16,17). The van der Waals surface area contributed by atoms with Gasteiger partial charge in [-0.2, -0.15) is 0 Å². The number of benzene rings is 2. The molecule has 3 nitrogen and oxygen atoms in total. The van der Waals surface area contributed by atoms with Crippen molar-refractivity contribution in [2.24, 2.45) is 10.7 Å². The third kappa shape index (κ3) is 1.51. The Morgan fingerprint density at radius 3 is 2.06 bits per heavy atom. The van der Waals surface area contributed by atoms with Crippen molar-refractivity contribution >= 4 is 45.6 Å². The minimum Gasteiger partial charge on any atom is -0.383 e. The fourth-order valence-electron chi connectivity index (χ4n) is 1.94. The molecule has 0 unspecified atom stereocenters. The number of hydrogen-bond donors (Lipinski definition) is 2. The van der Waals surface area contributed by atoms with Crippen LogP contribution in [0.15, 0.2) is 29.3 Å². The van der Waals surface area contributed by atoms with E-state index in [0.717, 1.165) is 21.9 Å². The summed E-state index contributed by atoms with van der Waals surface area (Å²) in [5, 5.41) is 10.6. The lowest BCUT2D eigenvalue weighted by Crippen LogP contribution is -2.10. The quantitative estimate of drug-likeness (QED) is 0.754. The van der Waals surface area contributed by atoms with Crippen LogP contribution in [0.4, 0.5) is 0 Å². The molecular weight excluding hydrogens is 257 g/mol. The zero-order valence-corrected chi connectivity index (χ0v) is 10.1. The number of rotatable bonds is 0. The van der Waals surface area contributed by atoms with Gasteiger partial charge in [0.25, 0.3) is 0 Å². The molecule has 84 valence electrons. The van der Waals surface area contributed by atoms with Crippen LogP contribution >= 0.6 is 23.2 Å². The Labute approximate surface area is 107 Å². The monoisotopic (exact) mass is 263 g/mol. The van der Waals surface area contributed by atoms with Gasteiger partial charge < -0.3 is 5.73 Å². The van der Waals surface area contributed by atoms with E-state index in [1.807, 2.05) is 12.1 Å². The van der Waals surface area contributed by atoms with Crippen molar-refractivity contribution in [3.05, 3.63) is 45.4 Å². The van der Waals surface area contributed by atoms with E-state index >= 15 is 0 Å². The lowest BCUT2D eigenvalue weighted by Gasteiger charge is -2.05. The van der Waals surface area contributed by atoms with Crippen LogP contribution in [0.25, 0.3) is 10.8 Å². The normalized spacial score (nSPS) is 14.0. The van der Waals surface area contributed by atoms with Gasteiger partial charge in [0.1, 0.15) is 5.84 Å². The molecule has 0 spiro atoms. The topological polar surface area (TPSA) is 62.2 Å². The number of amidine groups is 2. The average molecular weight is 264 g/mol. The molecule has 0 atom stereocenters. The van der Waals surface area contributed by atoms with Crippen LogP contribution in [0.2, 0.25) is 10.0 Å². The van der Waals surface area contributed by atoms with Gasteiger partial charge in [-0.25, -0.2) is 4.99 Å². The highest BCUT2D eigenvalue weighted by Gasteiger charge is 2.19. The molecule has 0 aliphatic carbocycles. The van der Waals surface area contributed by atoms with Gasteiger partial charge in [-0.05, 0) is 35.0 Å². The predicted octanol–water partition coefficient (Wildman–Crippen LogP) is 3.19. The highest BCUT2D eigenvalue weighted by Crippen LogP contribution is 2.31. The first kappa shape index (κ1) is 10.6. The number of aliphatic imine (C=N–C) groups is 1. The van der Waals surface area contributed by atoms with E-state index in [1.165, 1.54) is 0 Å². The van der Waals surface area contributed by atoms with Gasteiger partial charge in [0.2, 0.25) is 0 Å². The molecule has 1 aliphatic heterocycles. The molecule has 0 aromatic heterocycles. The molecule has 3 N–H and O–H groups in total. The van der Waals surface area contributed by atoms with Gasteiger partial charge in [-0.3, -0.25) is 5.41 Å². The van der Waals surface area contributed by atoms with Crippen molar-refractivity contribution in [2.45, 2.75) is 0 Å². The van der Waals surface area contributed by atoms with E-state index in [1.54, 1.807) is 12.1 Å². The minimum atomic E-state index is 0.186. The Kier molecular flexibility index (Phi) is 2.15. The fraction of sp³-hybridized carbons (Fsp3) is 0. The lowest BCUT2D eigenvalue weighted by atomic mass is 10.0. The first-order valence-electron chi connectivity index (χ1n) is 4.92. The van der Waals surface area contributed by atoms with Crippen molar-refractivity contribution in [2.75, 3.05) is 0 Å². The highest BCUT2D eigenvalue weighted by atomic mass is 35.5. The first-order chi connectivity index (χ1) is 8.06. The molecule has 2 aromatic rings. The predicted molar refractivity (Wildman–Crippen MR) is 71.5 cm³/mol. The summed E-state index contributed by atoms with van der Waals surface area (Å²) in [7, 11) is 0. The van der Waals surface area contributed by atoms with Crippen LogP contribution in [0.1, 0.15) is 11.1 Å². The number of nitrogens with two attached hydrogens (primary N) is 1. The van der Waals surface area contributed by atoms with Crippen molar-refractivity contribution in [1.29, 1.82) is 5.41 Å².